The molecule has 1 atom stereocenters. The SMILES string of the molecule is CCOC(=O)CC(NC(=O)CN(C)S(C)(=O)=O)c1cccc(OC)c1. The summed E-state index contributed by atoms with van der Waals surface area (Å²) in [6.07, 6.45) is 0.938. The van der Waals surface area contributed by atoms with E-state index in [0.29, 0.717) is 11.3 Å². The molecule has 0 fully saturated rings. The molecule has 0 saturated heterocycles. The Labute approximate surface area is 148 Å². The molecule has 1 aromatic rings. The van der Waals surface area contributed by atoms with E-state index in [1.54, 1.807) is 31.2 Å². The number of methoxy groups -OCH3 is 1. The van der Waals surface area contributed by atoms with E-state index in [4.69, 9.17) is 9.47 Å². The maximum Gasteiger partial charge on any atom is 0.308 e. The van der Waals surface area contributed by atoms with Gasteiger partial charge in [0, 0.05) is 7.05 Å². The number of esters is 1. The van der Waals surface area contributed by atoms with Gasteiger partial charge in [0.05, 0.1) is 39.0 Å². The van der Waals surface area contributed by atoms with E-state index in [1.807, 2.05) is 0 Å². The highest BCUT2D eigenvalue weighted by Gasteiger charge is 2.22. The van der Waals surface area contributed by atoms with Crippen molar-refractivity contribution in [1.82, 2.24) is 9.62 Å². The van der Waals surface area contributed by atoms with Crippen LogP contribution in [0.25, 0.3) is 0 Å². The van der Waals surface area contributed by atoms with Crippen LogP contribution in [0, 0.1) is 0 Å². The highest BCUT2D eigenvalue weighted by atomic mass is 32.2. The first-order valence-electron chi connectivity index (χ1n) is 7.67. The molecule has 0 bridgehead atoms. The van der Waals surface area contributed by atoms with E-state index in [0.717, 1.165) is 10.6 Å². The summed E-state index contributed by atoms with van der Waals surface area (Å²) in [4.78, 5) is 24.0. The summed E-state index contributed by atoms with van der Waals surface area (Å²) in [6, 6.07) is 6.26. The molecule has 25 heavy (non-hydrogen) atoms. The standard InChI is InChI=1S/C16H24N2O6S/c1-5-24-16(20)10-14(12-7-6-8-13(9-12)23-3)17-15(19)11-18(2)25(4,21)22/h6-9,14H,5,10-11H2,1-4H3,(H,17,19). The van der Waals surface area contributed by atoms with Gasteiger partial charge in [-0.25, -0.2) is 8.42 Å². The fourth-order valence-electron chi connectivity index (χ4n) is 2.06. The van der Waals surface area contributed by atoms with Crippen molar-refractivity contribution in [3.63, 3.8) is 0 Å². The summed E-state index contributed by atoms with van der Waals surface area (Å²) in [5, 5.41) is 2.68. The van der Waals surface area contributed by atoms with Gasteiger partial charge in [-0.15, -0.1) is 0 Å². The van der Waals surface area contributed by atoms with Crippen LogP contribution in [0.2, 0.25) is 0 Å². The maximum atomic E-state index is 12.2. The molecular formula is C16H24N2O6S. The fraction of sp³-hybridized carbons (Fsp3) is 0.500. The van der Waals surface area contributed by atoms with Gasteiger partial charge in [-0.1, -0.05) is 12.1 Å². The molecule has 0 heterocycles. The Hall–Kier alpha value is -2.13. The Balaban J connectivity index is 2.94. The van der Waals surface area contributed by atoms with Gasteiger partial charge in [-0.05, 0) is 24.6 Å². The molecular weight excluding hydrogens is 348 g/mol. The number of amides is 1. The molecule has 1 amide bonds. The van der Waals surface area contributed by atoms with Gasteiger partial charge in [-0.2, -0.15) is 4.31 Å². The highest BCUT2D eigenvalue weighted by molar-refractivity contribution is 7.88. The normalized spacial score (nSPS) is 12.5. The molecule has 9 heteroatoms. The summed E-state index contributed by atoms with van der Waals surface area (Å²) in [6.45, 7) is 1.58. The van der Waals surface area contributed by atoms with Crippen molar-refractivity contribution in [2.24, 2.45) is 0 Å². The van der Waals surface area contributed by atoms with Crippen molar-refractivity contribution >= 4 is 21.9 Å². The minimum atomic E-state index is -3.48. The average Bonchev–Trinajstić information content (AvgIpc) is 2.53. The van der Waals surface area contributed by atoms with Crippen LogP contribution in [-0.2, 0) is 24.3 Å². The molecule has 0 saturated carbocycles. The Morgan fingerprint density at radius 2 is 2.00 bits per heavy atom. The monoisotopic (exact) mass is 372 g/mol. The number of likely N-dealkylation sites (N-methyl/N-ethyl adjacent to an activating group) is 1. The Morgan fingerprint density at radius 1 is 1.32 bits per heavy atom. The van der Waals surface area contributed by atoms with Crippen LogP contribution in [0.3, 0.4) is 0 Å². The number of ether oxygens (including phenoxy) is 2. The second kappa shape index (κ2) is 9.38. The Kier molecular flexibility index (Phi) is 7.85. The zero-order chi connectivity index (χ0) is 19.0. The molecule has 1 unspecified atom stereocenters. The first kappa shape index (κ1) is 20.9. The predicted octanol–water partition coefficient (Wildman–Crippen LogP) is 0.697. The number of sulfonamides is 1. The van der Waals surface area contributed by atoms with Gasteiger partial charge in [0.15, 0.2) is 0 Å². The maximum absolute atomic E-state index is 12.2. The van der Waals surface area contributed by atoms with Crippen molar-refractivity contribution in [3.8, 4) is 5.75 Å². The summed E-state index contributed by atoms with van der Waals surface area (Å²) in [5.41, 5.74) is 0.655. The molecule has 1 rings (SSSR count). The average molecular weight is 372 g/mol. The van der Waals surface area contributed by atoms with E-state index in [9.17, 15) is 18.0 Å². The summed E-state index contributed by atoms with van der Waals surface area (Å²) < 4.78 is 33.9. The quantitative estimate of drug-likeness (QED) is 0.640. The number of hydrogen-bond donors (Lipinski definition) is 1. The van der Waals surface area contributed by atoms with Crippen LogP contribution in [0.1, 0.15) is 24.9 Å². The van der Waals surface area contributed by atoms with Crippen molar-refractivity contribution in [3.05, 3.63) is 29.8 Å². The van der Waals surface area contributed by atoms with E-state index in [-0.39, 0.29) is 19.6 Å². The molecule has 0 aliphatic rings. The van der Waals surface area contributed by atoms with E-state index in [2.05, 4.69) is 5.32 Å². The molecule has 1 N–H and O–H groups in total. The number of nitrogens with zero attached hydrogens (tertiary/aromatic N) is 1. The minimum absolute atomic E-state index is 0.0741. The van der Waals surface area contributed by atoms with Crippen LogP contribution in [0.5, 0.6) is 5.75 Å². The molecule has 0 aliphatic heterocycles. The van der Waals surface area contributed by atoms with Crippen LogP contribution < -0.4 is 10.1 Å². The summed E-state index contributed by atoms with van der Waals surface area (Å²) in [7, 11) is -0.660. The number of rotatable bonds is 9. The first-order valence-corrected chi connectivity index (χ1v) is 9.52. The third kappa shape index (κ3) is 7.10. The number of carbonyl (C=O) groups is 2. The van der Waals surface area contributed by atoms with Gasteiger partial charge in [0.25, 0.3) is 0 Å². The number of benzene rings is 1. The number of nitrogens with one attached hydrogen (secondary N) is 1. The zero-order valence-corrected chi connectivity index (χ0v) is 15.6. The molecule has 1 aromatic carbocycles. The van der Waals surface area contributed by atoms with Crippen molar-refractivity contribution in [1.29, 1.82) is 0 Å². The van der Waals surface area contributed by atoms with E-state index < -0.39 is 27.9 Å². The molecule has 140 valence electrons. The van der Waals surface area contributed by atoms with E-state index in [1.165, 1.54) is 14.2 Å². The fourth-order valence-corrected chi connectivity index (χ4v) is 2.41. The van der Waals surface area contributed by atoms with Crippen LogP contribution in [0.4, 0.5) is 0 Å². The smallest absolute Gasteiger partial charge is 0.308 e. The second-order valence-electron chi connectivity index (χ2n) is 5.42. The van der Waals surface area contributed by atoms with Gasteiger partial charge in [0.1, 0.15) is 5.75 Å². The zero-order valence-electron chi connectivity index (χ0n) is 14.8. The molecule has 0 aromatic heterocycles. The number of carbonyl (C=O) groups excluding carboxylic acids is 2. The summed E-state index contributed by atoms with van der Waals surface area (Å²) >= 11 is 0. The molecule has 0 aliphatic carbocycles. The molecule has 0 spiro atoms. The Bertz CT molecular complexity index is 704. The van der Waals surface area contributed by atoms with Gasteiger partial charge < -0.3 is 14.8 Å². The highest BCUT2D eigenvalue weighted by Crippen LogP contribution is 2.22. The van der Waals surface area contributed by atoms with Crippen LogP contribution >= 0.6 is 0 Å². The lowest BCUT2D eigenvalue weighted by Gasteiger charge is -2.21. The summed E-state index contributed by atoms with van der Waals surface area (Å²) in [5.74, 6) is -0.411. The van der Waals surface area contributed by atoms with Crippen molar-refractivity contribution in [2.45, 2.75) is 19.4 Å². The van der Waals surface area contributed by atoms with E-state index >= 15 is 0 Å². The molecule has 0 radical (unpaired) electrons. The van der Waals surface area contributed by atoms with Crippen LogP contribution in [-0.4, -0.2) is 58.2 Å². The van der Waals surface area contributed by atoms with Gasteiger partial charge in [0.2, 0.25) is 15.9 Å². The lowest BCUT2D eigenvalue weighted by Crippen LogP contribution is -2.40. The third-order valence-corrected chi connectivity index (χ3v) is 4.70. The van der Waals surface area contributed by atoms with Crippen molar-refractivity contribution in [2.75, 3.05) is 33.6 Å². The Morgan fingerprint density at radius 3 is 2.56 bits per heavy atom. The lowest BCUT2D eigenvalue weighted by atomic mass is 10.0. The number of hydrogen-bond acceptors (Lipinski definition) is 6. The van der Waals surface area contributed by atoms with Crippen molar-refractivity contribution < 1.29 is 27.5 Å². The van der Waals surface area contributed by atoms with Gasteiger partial charge in [-0.3, -0.25) is 9.59 Å². The predicted molar refractivity (Wildman–Crippen MR) is 92.6 cm³/mol. The third-order valence-electron chi connectivity index (χ3n) is 3.44. The minimum Gasteiger partial charge on any atom is -0.497 e. The van der Waals surface area contributed by atoms with Gasteiger partial charge >= 0.3 is 5.97 Å². The topological polar surface area (TPSA) is 102 Å². The second-order valence-corrected chi connectivity index (χ2v) is 7.51. The largest absolute Gasteiger partial charge is 0.497 e. The molecule has 8 nitrogen and oxygen atoms in total. The lowest BCUT2D eigenvalue weighted by molar-refractivity contribution is -0.143. The van der Waals surface area contributed by atoms with Crippen LogP contribution in [0.15, 0.2) is 24.3 Å². The first-order chi connectivity index (χ1) is 11.7.